The zero-order valence-corrected chi connectivity index (χ0v) is 10.2. The number of nitrogens with zero attached hydrogens (tertiary/aromatic N) is 1. The molecule has 0 aliphatic rings. The van der Waals surface area contributed by atoms with Crippen LogP contribution in [-0.4, -0.2) is 18.4 Å². The number of Topliss-reactive ketones (excluding diaryl/α,β-unsaturated/α-hetero) is 1. The quantitative estimate of drug-likeness (QED) is 0.730. The summed E-state index contributed by atoms with van der Waals surface area (Å²) in [5, 5.41) is 0. The number of ketones is 1. The van der Waals surface area contributed by atoms with Gasteiger partial charge >= 0.3 is 0 Å². The van der Waals surface area contributed by atoms with Crippen molar-refractivity contribution in [2.45, 2.75) is 33.7 Å². The van der Waals surface area contributed by atoms with E-state index in [1.165, 1.54) is 19.1 Å². The van der Waals surface area contributed by atoms with Crippen molar-refractivity contribution in [3.8, 4) is 0 Å². The predicted octanol–water partition coefficient (Wildman–Crippen LogP) is 3.26. The molecule has 0 atom stereocenters. The van der Waals surface area contributed by atoms with Crippen molar-refractivity contribution in [1.82, 2.24) is 0 Å². The maximum absolute atomic E-state index is 13.1. The van der Waals surface area contributed by atoms with E-state index >= 15 is 0 Å². The Kier molecular flexibility index (Phi) is 4.05. The van der Waals surface area contributed by atoms with Gasteiger partial charge in [0.15, 0.2) is 5.78 Å². The Hall–Kier alpha value is -1.38. The van der Waals surface area contributed by atoms with Crippen LogP contribution < -0.4 is 4.90 Å². The number of hydrogen-bond acceptors (Lipinski definition) is 2. The summed E-state index contributed by atoms with van der Waals surface area (Å²) in [6, 6.07) is 4.67. The van der Waals surface area contributed by atoms with Crippen LogP contribution in [0, 0.1) is 5.82 Å². The SMILES string of the molecule is CCN(c1ccc(F)cc1C(C)=O)C(C)C. The highest BCUT2D eigenvalue weighted by Crippen LogP contribution is 2.23. The molecule has 1 aromatic rings. The molecule has 0 amide bonds. The normalized spacial score (nSPS) is 10.6. The second kappa shape index (κ2) is 5.10. The lowest BCUT2D eigenvalue weighted by Gasteiger charge is -2.29. The molecule has 0 aliphatic carbocycles. The molecule has 1 rings (SSSR count). The highest BCUT2D eigenvalue weighted by atomic mass is 19.1. The van der Waals surface area contributed by atoms with E-state index in [1.54, 1.807) is 6.07 Å². The van der Waals surface area contributed by atoms with Crippen LogP contribution in [0.25, 0.3) is 0 Å². The van der Waals surface area contributed by atoms with Crippen LogP contribution in [0.15, 0.2) is 18.2 Å². The van der Waals surface area contributed by atoms with Crippen LogP contribution in [0.5, 0.6) is 0 Å². The molecular formula is C13H18FNO. The zero-order valence-electron chi connectivity index (χ0n) is 10.2. The van der Waals surface area contributed by atoms with Gasteiger partial charge in [0.1, 0.15) is 5.82 Å². The second-order valence-corrected chi connectivity index (χ2v) is 4.10. The molecule has 0 radical (unpaired) electrons. The van der Waals surface area contributed by atoms with E-state index in [9.17, 15) is 9.18 Å². The van der Waals surface area contributed by atoms with Gasteiger partial charge in [-0.3, -0.25) is 4.79 Å². The molecule has 0 spiro atoms. The summed E-state index contributed by atoms with van der Waals surface area (Å²) in [6.07, 6.45) is 0. The standard InChI is InChI=1S/C13H18FNO/c1-5-15(9(2)3)13-7-6-11(14)8-12(13)10(4)16/h6-9H,5H2,1-4H3. The van der Waals surface area contributed by atoms with Crippen LogP contribution in [0.1, 0.15) is 38.1 Å². The third kappa shape index (κ3) is 2.60. The summed E-state index contributed by atoms with van der Waals surface area (Å²) in [5.41, 5.74) is 1.27. The minimum Gasteiger partial charge on any atom is -0.369 e. The third-order valence-electron chi connectivity index (χ3n) is 2.61. The molecule has 0 aliphatic heterocycles. The molecule has 0 saturated heterocycles. The number of anilines is 1. The Labute approximate surface area is 96.1 Å². The number of carbonyl (C=O) groups excluding carboxylic acids is 1. The van der Waals surface area contributed by atoms with Crippen LogP contribution in [0.3, 0.4) is 0 Å². The van der Waals surface area contributed by atoms with E-state index < -0.39 is 0 Å². The van der Waals surface area contributed by atoms with Gasteiger partial charge in [-0.05, 0) is 45.9 Å². The van der Waals surface area contributed by atoms with E-state index in [0.717, 1.165) is 12.2 Å². The molecule has 0 aromatic heterocycles. The van der Waals surface area contributed by atoms with Crippen molar-refractivity contribution in [2.75, 3.05) is 11.4 Å². The first kappa shape index (κ1) is 12.7. The van der Waals surface area contributed by atoms with Gasteiger partial charge in [-0.25, -0.2) is 4.39 Å². The van der Waals surface area contributed by atoms with Crippen molar-refractivity contribution >= 4 is 11.5 Å². The largest absolute Gasteiger partial charge is 0.369 e. The third-order valence-corrected chi connectivity index (χ3v) is 2.61. The lowest BCUT2D eigenvalue weighted by atomic mass is 10.1. The van der Waals surface area contributed by atoms with Gasteiger partial charge in [-0.2, -0.15) is 0 Å². The summed E-state index contributed by atoms with van der Waals surface area (Å²) in [5.74, 6) is -0.470. The molecule has 88 valence electrons. The van der Waals surface area contributed by atoms with E-state index in [0.29, 0.717) is 5.56 Å². The van der Waals surface area contributed by atoms with Crippen molar-refractivity contribution in [3.63, 3.8) is 0 Å². The number of rotatable bonds is 4. The van der Waals surface area contributed by atoms with E-state index in [1.807, 2.05) is 6.92 Å². The first-order chi connectivity index (χ1) is 7.47. The van der Waals surface area contributed by atoms with Crippen molar-refractivity contribution in [1.29, 1.82) is 0 Å². The Morgan fingerprint density at radius 1 is 1.44 bits per heavy atom. The lowest BCUT2D eigenvalue weighted by Crippen LogP contribution is -2.31. The molecule has 1 aromatic carbocycles. The first-order valence-corrected chi connectivity index (χ1v) is 5.54. The summed E-state index contributed by atoms with van der Waals surface area (Å²) < 4.78 is 13.1. The molecule has 3 heteroatoms. The number of hydrogen-bond donors (Lipinski definition) is 0. The fraction of sp³-hybridized carbons (Fsp3) is 0.462. The van der Waals surface area contributed by atoms with Crippen LogP contribution in [0.4, 0.5) is 10.1 Å². The molecular weight excluding hydrogens is 205 g/mol. The Bertz CT molecular complexity index is 388. The zero-order chi connectivity index (χ0) is 12.3. The van der Waals surface area contributed by atoms with Crippen molar-refractivity contribution < 1.29 is 9.18 Å². The van der Waals surface area contributed by atoms with Crippen molar-refractivity contribution in [2.24, 2.45) is 0 Å². The number of benzene rings is 1. The molecule has 0 heterocycles. The number of carbonyl (C=O) groups is 1. The monoisotopic (exact) mass is 223 g/mol. The Morgan fingerprint density at radius 3 is 2.50 bits per heavy atom. The van der Waals surface area contributed by atoms with E-state index in [-0.39, 0.29) is 17.6 Å². The van der Waals surface area contributed by atoms with E-state index in [4.69, 9.17) is 0 Å². The summed E-state index contributed by atoms with van der Waals surface area (Å²) in [6.45, 7) is 8.39. The van der Waals surface area contributed by atoms with Gasteiger partial charge in [0.25, 0.3) is 0 Å². The van der Waals surface area contributed by atoms with Gasteiger partial charge in [0.05, 0.1) is 0 Å². The van der Waals surface area contributed by atoms with Gasteiger partial charge in [-0.15, -0.1) is 0 Å². The van der Waals surface area contributed by atoms with Crippen LogP contribution in [0.2, 0.25) is 0 Å². The molecule has 0 saturated carbocycles. The molecule has 0 fully saturated rings. The lowest BCUT2D eigenvalue weighted by molar-refractivity contribution is 0.101. The maximum Gasteiger partial charge on any atom is 0.161 e. The van der Waals surface area contributed by atoms with Crippen LogP contribution in [-0.2, 0) is 0 Å². The van der Waals surface area contributed by atoms with Gasteiger partial charge < -0.3 is 4.90 Å². The highest BCUT2D eigenvalue weighted by Gasteiger charge is 2.15. The summed E-state index contributed by atoms with van der Waals surface area (Å²) in [4.78, 5) is 13.5. The molecule has 2 nitrogen and oxygen atoms in total. The van der Waals surface area contributed by atoms with Crippen molar-refractivity contribution in [3.05, 3.63) is 29.6 Å². The molecule has 16 heavy (non-hydrogen) atoms. The highest BCUT2D eigenvalue weighted by molar-refractivity contribution is 5.99. The fourth-order valence-corrected chi connectivity index (χ4v) is 1.85. The van der Waals surface area contributed by atoms with Gasteiger partial charge in [-0.1, -0.05) is 0 Å². The Morgan fingerprint density at radius 2 is 2.06 bits per heavy atom. The first-order valence-electron chi connectivity index (χ1n) is 5.54. The average molecular weight is 223 g/mol. The topological polar surface area (TPSA) is 20.3 Å². The minimum atomic E-state index is -0.367. The minimum absolute atomic E-state index is 0.103. The predicted molar refractivity (Wildman–Crippen MR) is 64.6 cm³/mol. The van der Waals surface area contributed by atoms with Gasteiger partial charge in [0.2, 0.25) is 0 Å². The molecule has 0 N–H and O–H groups in total. The molecule has 0 unspecified atom stereocenters. The maximum atomic E-state index is 13.1. The summed E-state index contributed by atoms with van der Waals surface area (Å²) >= 11 is 0. The second-order valence-electron chi connectivity index (χ2n) is 4.10. The summed E-state index contributed by atoms with van der Waals surface area (Å²) in [7, 11) is 0. The smallest absolute Gasteiger partial charge is 0.161 e. The fourth-order valence-electron chi connectivity index (χ4n) is 1.85. The van der Waals surface area contributed by atoms with Crippen LogP contribution >= 0.6 is 0 Å². The molecule has 0 bridgehead atoms. The number of halogens is 1. The Balaban J connectivity index is 3.26. The average Bonchev–Trinajstić information content (AvgIpc) is 2.20. The van der Waals surface area contributed by atoms with Gasteiger partial charge in [0, 0.05) is 23.8 Å². The van der Waals surface area contributed by atoms with E-state index in [2.05, 4.69) is 18.7 Å².